The molecular formula is C20H26N5O4P. The number of para-hydroxylation sites is 1. The Bertz CT molecular complexity index is 876. The summed E-state index contributed by atoms with van der Waals surface area (Å²) in [5.74, 6) is 1.09. The van der Waals surface area contributed by atoms with Crippen LogP contribution in [0.4, 0.5) is 5.69 Å². The third kappa shape index (κ3) is 10.5. The van der Waals surface area contributed by atoms with E-state index in [4.69, 9.17) is 19.2 Å². The summed E-state index contributed by atoms with van der Waals surface area (Å²) in [6.45, 7) is 3.58. The second kappa shape index (κ2) is 12.6. The Balaban J connectivity index is 0.000000265. The van der Waals surface area contributed by atoms with Crippen molar-refractivity contribution in [3.8, 4) is 0 Å². The third-order valence-electron chi connectivity index (χ3n) is 3.83. The monoisotopic (exact) mass is 431 g/mol. The molecule has 0 amide bonds. The van der Waals surface area contributed by atoms with Gasteiger partial charge in [-0.3, -0.25) is 4.99 Å². The van der Waals surface area contributed by atoms with Crippen molar-refractivity contribution in [1.29, 1.82) is 0 Å². The highest BCUT2D eigenvalue weighted by Crippen LogP contribution is 2.25. The van der Waals surface area contributed by atoms with Gasteiger partial charge in [-0.2, -0.15) is 0 Å². The van der Waals surface area contributed by atoms with E-state index in [-0.39, 0.29) is 0 Å². The number of hydrogen-bond acceptors (Lipinski definition) is 5. The largest absolute Gasteiger partial charge is 0.466 e. The van der Waals surface area contributed by atoms with Gasteiger partial charge in [-0.05, 0) is 17.7 Å². The van der Waals surface area contributed by atoms with Crippen molar-refractivity contribution in [3.05, 3.63) is 84.9 Å². The molecule has 0 atom stereocenters. The van der Waals surface area contributed by atoms with Gasteiger partial charge < -0.3 is 29.9 Å². The van der Waals surface area contributed by atoms with Gasteiger partial charge in [-0.1, -0.05) is 48.5 Å². The summed E-state index contributed by atoms with van der Waals surface area (Å²) in [5.41, 5.74) is 2.54. The molecule has 3 aromatic rings. The number of phosphoric acid groups is 1. The molecule has 30 heavy (non-hydrogen) atoms. The third-order valence-corrected chi connectivity index (χ3v) is 3.83. The Hall–Kier alpha value is -2.97. The summed E-state index contributed by atoms with van der Waals surface area (Å²) in [6.07, 6.45) is 5.08. The maximum atomic E-state index is 8.88. The molecule has 9 nitrogen and oxygen atoms in total. The van der Waals surface area contributed by atoms with E-state index in [0.717, 1.165) is 32.0 Å². The zero-order chi connectivity index (χ0) is 21.7. The lowest BCUT2D eigenvalue weighted by Crippen LogP contribution is -2.34. The Morgan fingerprint density at radius 1 is 0.967 bits per heavy atom. The lowest BCUT2D eigenvalue weighted by molar-refractivity contribution is 0.275. The minimum Gasteiger partial charge on any atom is -0.370 e. The van der Waals surface area contributed by atoms with Crippen LogP contribution in [0.2, 0.25) is 0 Å². The first-order valence-electron chi connectivity index (χ1n) is 9.24. The molecule has 0 saturated carbocycles. The van der Waals surface area contributed by atoms with E-state index in [2.05, 4.69) is 85.8 Å². The maximum Gasteiger partial charge on any atom is 0.466 e. The first-order valence-corrected chi connectivity index (χ1v) is 10.8. The summed E-state index contributed by atoms with van der Waals surface area (Å²) in [7, 11) is -4.64. The van der Waals surface area contributed by atoms with Gasteiger partial charge in [0.05, 0.1) is 19.4 Å². The second-order valence-corrected chi connectivity index (χ2v) is 7.23. The minimum atomic E-state index is -4.64. The molecule has 0 saturated heterocycles. The predicted molar refractivity (Wildman–Crippen MR) is 117 cm³/mol. The predicted octanol–water partition coefficient (Wildman–Crippen LogP) is 2.18. The van der Waals surface area contributed by atoms with E-state index in [1.165, 1.54) is 11.3 Å². The number of anilines is 1. The van der Waals surface area contributed by atoms with Crippen molar-refractivity contribution >= 4 is 19.3 Å². The number of nitrogens with zero attached hydrogens (tertiary/aromatic N) is 3. The zero-order valence-electron chi connectivity index (χ0n) is 16.4. The molecule has 2 aromatic carbocycles. The number of aromatic nitrogens is 2. The number of rotatable bonds is 5. The van der Waals surface area contributed by atoms with Gasteiger partial charge in [0.2, 0.25) is 0 Å². The average Bonchev–Trinajstić information content (AvgIpc) is 3.45. The molecule has 0 bridgehead atoms. The van der Waals surface area contributed by atoms with Crippen LogP contribution in [-0.4, -0.2) is 50.1 Å². The fourth-order valence-corrected chi connectivity index (χ4v) is 2.63. The number of imidazole rings is 1. The van der Waals surface area contributed by atoms with E-state index < -0.39 is 7.82 Å². The number of benzene rings is 2. The molecule has 1 aliphatic rings. The van der Waals surface area contributed by atoms with Gasteiger partial charge >= 0.3 is 7.82 Å². The van der Waals surface area contributed by atoms with E-state index in [1.807, 2.05) is 0 Å². The first-order chi connectivity index (χ1) is 14.4. The minimum absolute atomic E-state index is 0.832. The second-order valence-electron chi connectivity index (χ2n) is 6.21. The molecular weight excluding hydrogens is 405 g/mol. The van der Waals surface area contributed by atoms with Gasteiger partial charge in [0, 0.05) is 31.2 Å². The zero-order valence-corrected chi connectivity index (χ0v) is 17.3. The Morgan fingerprint density at radius 2 is 1.60 bits per heavy atom. The molecule has 0 spiro atoms. The Kier molecular flexibility index (Phi) is 9.76. The molecule has 4 rings (SSSR count). The van der Waals surface area contributed by atoms with Crippen LogP contribution in [-0.2, 0) is 11.1 Å². The highest BCUT2D eigenvalue weighted by atomic mass is 31.2. The van der Waals surface area contributed by atoms with Crippen LogP contribution in [0.3, 0.4) is 0 Å². The van der Waals surface area contributed by atoms with Crippen LogP contribution in [0, 0.1) is 0 Å². The van der Waals surface area contributed by atoms with E-state index in [0.29, 0.717) is 0 Å². The molecule has 1 aliphatic heterocycles. The quantitative estimate of drug-likeness (QED) is 0.391. The van der Waals surface area contributed by atoms with Gasteiger partial charge in [0.1, 0.15) is 5.84 Å². The van der Waals surface area contributed by atoms with Crippen molar-refractivity contribution in [3.63, 3.8) is 0 Å². The topological polar surface area (TPSA) is 134 Å². The molecule has 160 valence electrons. The molecule has 0 aliphatic carbocycles. The van der Waals surface area contributed by atoms with Gasteiger partial charge in [-0.15, -0.1) is 0 Å². The fraction of sp³-hybridized carbons (Fsp3) is 0.200. The van der Waals surface area contributed by atoms with Gasteiger partial charge in [-0.25, -0.2) is 9.55 Å². The summed E-state index contributed by atoms with van der Waals surface area (Å²) in [6, 6.07) is 21.1. The molecule has 0 fully saturated rings. The Morgan fingerprint density at radius 3 is 2.07 bits per heavy atom. The number of hydrogen-bond donors (Lipinski definition) is 5. The van der Waals surface area contributed by atoms with Crippen molar-refractivity contribution in [2.75, 3.05) is 24.5 Å². The average molecular weight is 431 g/mol. The maximum absolute atomic E-state index is 8.88. The molecule has 10 heteroatoms. The van der Waals surface area contributed by atoms with E-state index in [1.54, 1.807) is 18.7 Å². The number of amidine groups is 1. The van der Waals surface area contributed by atoms with E-state index >= 15 is 0 Å². The van der Waals surface area contributed by atoms with Crippen LogP contribution < -0.4 is 10.2 Å². The van der Waals surface area contributed by atoms with Crippen LogP contribution >= 0.6 is 7.82 Å². The standard InChI is InChI=1S/C17H19N3.C3H4N2.H3O4P/c1-3-7-15(8-4-1)13-20(14-17-18-11-12-19-17)16-9-5-2-6-10-16;1-2-5-3-4-1;1-5(2,3)4/h1-10H,11-14H2,(H,18,19);1-3H,(H,4,5);(H3,1,2,3,4). The molecule has 5 N–H and O–H groups in total. The summed E-state index contributed by atoms with van der Waals surface area (Å²) >= 11 is 0. The SMILES string of the molecule is O=P(O)(O)O.c1c[nH]cn1.c1ccc(CN(CC2=NCCN2)c2ccccc2)cc1. The first kappa shape index (κ1) is 23.3. The van der Waals surface area contributed by atoms with Crippen molar-refractivity contribution < 1.29 is 19.2 Å². The fourth-order valence-electron chi connectivity index (χ4n) is 2.63. The van der Waals surface area contributed by atoms with Gasteiger partial charge in [0.15, 0.2) is 0 Å². The van der Waals surface area contributed by atoms with Crippen LogP contribution in [0.1, 0.15) is 5.56 Å². The van der Waals surface area contributed by atoms with Crippen LogP contribution in [0.25, 0.3) is 0 Å². The molecule has 0 radical (unpaired) electrons. The molecule has 2 heterocycles. The highest BCUT2D eigenvalue weighted by Gasteiger charge is 2.12. The van der Waals surface area contributed by atoms with Crippen LogP contribution in [0.15, 0.2) is 84.4 Å². The van der Waals surface area contributed by atoms with Crippen LogP contribution in [0.5, 0.6) is 0 Å². The summed E-state index contributed by atoms with van der Waals surface area (Å²) < 4.78 is 8.88. The smallest absolute Gasteiger partial charge is 0.370 e. The molecule has 0 unspecified atom stereocenters. The lowest BCUT2D eigenvalue weighted by atomic mass is 10.2. The highest BCUT2D eigenvalue weighted by molar-refractivity contribution is 7.45. The number of nitrogens with one attached hydrogen (secondary N) is 2. The normalized spacial score (nSPS) is 12.4. The molecule has 1 aromatic heterocycles. The summed E-state index contributed by atoms with van der Waals surface area (Å²) in [5, 5.41) is 3.35. The van der Waals surface area contributed by atoms with Crippen molar-refractivity contribution in [2.24, 2.45) is 4.99 Å². The number of H-pyrrole nitrogens is 1. The van der Waals surface area contributed by atoms with Crippen molar-refractivity contribution in [2.45, 2.75) is 6.54 Å². The van der Waals surface area contributed by atoms with E-state index in [9.17, 15) is 0 Å². The van der Waals surface area contributed by atoms with Gasteiger partial charge in [0.25, 0.3) is 0 Å². The van der Waals surface area contributed by atoms with Crippen molar-refractivity contribution in [1.82, 2.24) is 15.3 Å². The summed E-state index contributed by atoms with van der Waals surface area (Å²) in [4.78, 5) is 34.8. The Labute approximate surface area is 175 Å². The number of aromatic amines is 1. The number of aliphatic imine (C=N–C) groups is 1. The lowest BCUT2D eigenvalue weighted by Gasteiger charge is -2.25.